The lowest BCUT2D eigenvalue weighted by atomic mass is 10.2. The van der Waals surface area contributed by atoms with E-state index < -0.39 is 0 Å². The van der Waals surface area contributed by atoms with Crippen LogP contribution in [0.4, 0.5) is 5.13 Å². The first-order valence-corrected chi connectivity index (χ1v) is 8.12. The van der Waals surface area contributed by atoms with E-state index in [1.165, 1.54) is 23.6 Å². The number of nitrogens with zero attached hydrogens (tertiary/aromatic N) is 2. The van der Waals surface area contributed by atoms with Crippen molar-refractivity contribution in [1.82, 2.24) is 10.4 Å². The van der Waals surface area contributed by atoms with Crippen molar-refractivity contribution in [3.63, 3.8) is 0 Å². The van der Waals surface area contributed by atoms with Gasteiger partial charge in [-0.1, -0.05) is 11.3 Å². The van der Waals surface area contributed by atoms with Crippen LogP contribution in [0.2, 0.25) is 0 Å². The monoisotopic (exact) mass is 390 g/mol. The highest BCUT2D eigenvalue weighted by Gasteiger charge is 2.08. The van der Waals surface area contributed by atoms with Gasteiger partial charge in [-0.15, -0.1) is 0 Å². The molecule has 2 aromatic carbocycles. The number of aromatic hydroxyl groups is 1. The Labute approximate surface area is 143 Å². The van der Waals surface area contributed by atoms with Gasteiger partial charge in [0.05, 0.1) is 20.9 Å². The number of thiazole rings is 1. The zero-order valence-electron chi connectivity index (χ0n) is 11.7. The lowest BCUT2D eigenvalue weighted by Gasteiger charge is -2.00. The summed E-state index contributed by atoms with van der Waals surface area (Å²) in [6.45, 7) is 0. The van der Waals surface area contributed by atoms with Crippen LogP contribution in [-0.2, 0) is 0 Å². The third kappa shape index (κ3) is 3.49. The predicted molar refractivity (Wildman–Crippen MR) is 94.9 cm³/mol. The fraction of sp³-hybridized carbons (Fsp3) is 0. The van der Waals surface area contributed by atoms with Crippen LogP contribution in [0.25, 0.3) is 10.2 Å². The molecule has 0 radical (unpaired) electrons. The third-order valence-corrected chi connectivity index (χ3v) is 4.50. The minimum Gasteiger partial charge on any atom is -0.507 e. The molecular formula is C15H11BrN4O2S. The quantitative estimate of drug-likeness (QED) is 0.472. The van der Waals surface area contributed by atoms with E-state index in [1.807, 2.05) is 0 Å². The van der Waals surface area contributed by atoms with Crippen molar-refractivity contribution in [2.45, 2.75) is 0 Å². The minimum atomic E-state index is -0.326. The first-order valence-electron chi connectivity index (χ1n) is 6.51. The van der Waals surface area contributed by atoms with Crippen molar-refractivity contribution in [3.05, 3.63) is 52.0 Å². The number of nitrogens with two attached hydrogens (primary N) is 1. The molecule has 0 saturated carbocycles. The van der Waals surface area contributed by atoms with E-state index in [0.717, 1.165) is 15.8 Å². The van der Waals surface area contributed by atoms with Crippen LogP contribution in [0.1, 0.15) is 15.9 Å². The molecule has 0 aliphatic rings. The highest BCUT2D eigenvalue weighted by Crippen LogP contribution is 2.25. The number of benzene rings is 2. The number of hydrogen-bond acceptors (Lipinski definition) is 6. The normalized spacial score (nSPS) is 11.2. The Bertz CT molecular complexity index is 923. The molecule has 0 atom stereocenters. The number of carbonyl (C=O) groups is 1. The van der Waals surface area contributed by atoms with Gasteiger partial charge in [0, 0.05) is 5.56 Å². The number of hydrazone groups is 1. The van der Waals surface area contributed by atoms with Crippen molar-refractivity contribution in [3.8, 4) is 5.75 Å². The van der Waals surface area contributed by atoms with Crippen molar-refractivity contribution in [2.24, 2.45) is 5.10 Å². The number of halogens is 1. The van der Waals surface area contributed by atoms with E-state index in [4.69, 9.17) is 5.73 Å². The second-order valence-electron chi connectivity index (χ2n) is 4.64. The zero-order valence-corrected chi connectivity index (χ0v) is 14.1. The summed E-state index contributed by atoms with van der Waals surface area (Å²) in [6, 6.07) is 10.1. The van der Waals surface area contributed by atoms with Gasteiger partial charge in [-0.25, -0.2) is 10.4 Å². The summed E-state index contributed by atoms with van der Waals surface area (Å²) in [5.74, 6) is -0.184. The number of hydrogen-bond donors (Lipinski definition) is 3. The number of phenolic OH excluding ortho intramolecular Hbond substituents is 1. The highest BCUT2D eigenvalue weighted by molar-refractivity contribution is 9.10. The van der Waals surface area contributed by atoms with Gasteiger partial charge in [0.1, 0.15) is 5.75 Å². The number of carbonyl (C=O) groups excluding carboxylic acids is 1. The molecule has 0 fully saturated rings. The molecule has 0 aliphatic carbocycles. The van der Waals surface area contributed by atoms with Gasteiger partial charge in [-0.2, -0.15) is 5.10 Å². The fourth-order valence-corrected chi connectivity index (χ4v) is 3.09. The lowest BCUT2D eigenvalue weighted by molar-refractivity contribution is 0.0955. The summed E-state index contributed by atoms with van der Waals surface area (Å²) in [6.07, 6.45) is 1.49. The molecule has 1 heterocycles. The van der Waals surface area contributed by atoms with Gasteiger partial charge in [0.15, 0.2) is 5.13 Å². The number of fused-ring (bicyclic) bond motifs is 1. The van der Waals surface area contributed by atoms with Crippen LogP contribution in [-0.4, -0.2) is 22.2 Å². The molecule has 6 nitrogen and oxygen atoms in total. The summed E-state index contributed by atoms with van der Waals surface area (Å²) >= 11 is 4.54. The minimum absolute atomic E-state index is 0.142. The van der Waals surface area contributed by atoms with Crippen LogP contribution in [0.3, 0.4) is 0 Å². The lowest BCUT2D eigenvalue weighted by Crippen LogP contribution is -2.17. The standard InChI is InChI=1S/C15H11BrN4O2S/c16-10-5-8(1-4-12(10)21)7-18-20-14(22)9-2-3-11-13(6-9)23-15(17)19-11/h1-7,21H,(H2,17,19)(H,20,22)/b18-7-. The molecule has 0 saturated heterocycles. The molecule has 4 N–H and O–H groups in total. The van der Waals surface area contributed by atoms with E-state index in [2.05, 4.69) is 31.4 Å². The molecular weight excluding hydrogens is 380 g/mol. The number of phenols is 1. The Hall–Kier alpha value is -2.45. The zero-order chi connectivity index (χ0) is 16.4. The third-order valence-electron chi connectivity index (χ3n) is 3.02. The molecule has 0 bridgehead atoms. The van der Waals surface area contributed by atoms with Gasteiger partial charge < -0.3 is 10.8 Å². The molecule has 0 unspecified atom stereocenters. The van der Waals surface area contributed by atoms with Crippen molar-refractivity contribution in [1.29, 1.82) is 0 Å². The van der Waals surface area contributed by atoms with Gasteiger partial charge in [0.25, 0.3) is 5.91 Å². The average Bonchev–Trinajstić information content (AvgIpc) is 2.89. The van der Waals surface area contributed by atoms with Crippen LogP contribution >= 0.6 is 27.3 Å². The van der Waals surface area contributed by atoms with E-state index in [1.54, 1.807) is 30.3 Å². The molecule has 1 aromatic heterocycles. The van der Waals surface area contributed by atoms with Gasteiger partial charge >= 0.3 is 0 Å². The Morgan fingerprint density at radius 1 is 1.35 bits per heavy atom. The van der Waals surface area contributed by atoms with E-state index >= 15 is 0 Å². The summed E-state index contributed by atoms with van der Waals surface area (Å²) in [7, 11) is 0. The Morgan fingerprint density at radius 2 is 2.17 bits per heavy atom. The molecule has 0 aliphatic heterocycles. The maximum absolute atomic E-state index is 12.1. The number of aromatic nitrogens is 1. The number of anilines is 1. The van der Waals surface area contributed by atoms with Crippen molar-refractivity contribution in [2.75, 3.05) is 5.73 Å². The van der Waals surface area contributed by atoms with Crippen LogP contribution in [0.5, 0.6) is 5.75 Å². The molecule has 3 rings (SSSR count). The van der Waals surface area contributed by atoms with Crippen molar-refractivity contribution < 1.29 is 9.90 Å². The molecule has 0 spiro atoms. The van der Waals surface area contributed by atoms with Crippen molar-refractivity contribution >= 4 is 54.7 Å². The average molecular weight is 391 g/mol. The van der Waals surface area contributed by atoms with E-state index in [0.29, 0.717) is 15.2 Å². The SMILES string of the molecule is Nc1nc2ccc(C(=O)N/N=C\c3ccc(O)c(Br)c3)cc2s1. The molecule has 116 valence electrons. The summed E-state index contributed by atoms with van der Waals surface area (Å²) in [4.78, 5) is 16.2. The fourth-order valence-electron chi connectivity index (χ4n) is 1.92. The van der Waals surface area contributed by atoms with Crippen LogP contribution < -0.4 is 11.2 Å². The van der Waals surface area contributed by atoms with Gasteiger partial charge in [0.2, 0.25) is 0 Å². The number of amides is 1. The van der Waals surface area contributed by atoms with Gasteiger partial charge in [-0.3, -0.25) is 4.79 Å². The van der Waals surface area contributed by atoms with E-state index in [9.17, 15) is 9.90 Å². The van der Waals surface area contributed by atoms with Gasteiger partial charge in [-0.05, 0) is 57.9 Å². The molecule has 3 aromatic rings. The second kappa shape index (κ2) is 6.35. The summed E-state index contributed by atoms with van der Waals surface area (Å²) < 4.78 is 1.41. The molecule has 8 heteroatoms. The summed E-state index contributed by atoms with van der Waals surface area (Å²) in [5, 5.41) is 13.8. The largest absolute Gasteiger partial charge is 0.507 e. The van der Waals surface area contributed by atoms with Crippen LogP contribution in [0, 0.1) is 0 Å². The first kappa shape index (κ1) is 15.4. The number of nitrogens with one attached hydrogen (secondary N) is 1. The smallest absolute Gasteiger partial charge is 0.271 e. The second-order valence-corrected chi connectivity index (χ2v) is 6.56. The Morgan fingerprint density at radius 3 is 2.96 bits per heavy atom. The maximum atomic E-state index is 12.1. The van der Waals surface area contributed by atoms with E-state index in [-0.39, 0.29) is 11.7 Å². The summed E-state index contributed by atoms with van der Waals surface area (Å²) in [5.41, 5.74) is 10.1. The molecule has 23 heavy (non-hydrogen) atoms. The molecule has 1 amide bonds. The Balaban J connectivity index is 1.72. The number of rotatable bonds is 3. The highest BCUT2D eigenvalue weighted by atomic mass is 79.9. The maximum Gasteiger partial charge on any atom is 0.271 e. The Kier molecular flexibility index (Phi) is 4.26. The predicted octanol–water partition coefficient (Wildman–Crippen LogP) is 3.11. The van der Waals surface area contributed by atoms with Crippen LogP contribution in [0.15, 0.2) is 46.0 Å². The first-order chi connectivity index (χ1) is 11.0. The number of nitrogen functional groups attached to an aromatic ring is 1. The topological polar surface area (TPSA) is 101 Å².